The van der Waals surface area contributed by atoms with Gasteiger partial charge in [-0.1, -0.05) is 24.3 Å². The molecule has 3 heterocycles. The summed E-state index contributed by atoms with van der Waals surface area (Å²) in [6, 6.07) is 10.3. The fourth-order valence-electron chi connectivity index (χ4n) is 5.46. The van der Waals surface area contributed by atoms with E-state index in [1.807, 2.05) is 18.2 Å². The summed E-state index contributed by atoms with van der Waals surface area (Å²) in [4.78, 5) is 32.4. The van der Waals surface area contributed by atoms with E-state index in [0.717, 1.165) is 62.3 Å². The molecular formula is C27H31F3N4O3. The number of primary amides is 1. The molecule has 1 aromatic heterocycles. The van der Waals surface area contributed by atoms with E-state index in [4.69, 9.17) is 10.5 Å². The van der Waals surface area contributed by atoms with Gasteiger partial charge in [-0.25, -0.2) is 0 Å². The molecule has 2 N–H and O–H groups in total. The van der Waals surface area contributed by atoms with Crippen LogP contribution in [0.4, 0.5) is 13.2 Å². The summed E-state index contributed by atoms with van der Waals surface area (Å²) < 4.78 is 45.2. The molecule has 5 rings (SSSR count). The van der Waals surface area contributed by atoms with Gasteiger partial charge in [-0.3, -0.25) is 14.6 Å². The van der Waals surface area contributed by atoms with Gasteiger partial charge in [-0.05, 0) is 55.4 Å². The second kappa shape index (κ2) is 9.72. The molecule has 2 saturated heterocycles. The molecule has 2 aromatic rings. The molecule has 2 amide bonds. The number of hydrogen-bond acceptors (Lipinski definition) is 5. The number of pyridine rings is 1. The summed E-state index contributed by atoms with van der Waals surface area (Å²) in [5.74, 6) is -0.431. The minimum absolute atomic E-state index is 0.0851. The zero-order chi connectivity index (χ0) is 26.3. The third-order valence-electron chi connectivity index (χ3n) is 7.63. The van der Waals surface area contributed by atoms with Crippen LogP contribution in [-0.4, -0.2) is 64.0 Å². The van der Waals surface area contributed by atoms with Crippen molar-refractivity contribution in [2.45, 2.75) is 62.4 Å². The van der Waals surface area contributed by atoms with Gasteiger partial charge < -0.3 is 20.3 Å². The van der Waals surface area contributed by atoms with Crippen LogP contribution in [0, 0.1) is 0 Å². The van der Waals surface area contributed by atoms with Crippen molar-refractivity contribution in [1.82, 2.24) is 14.8 Å². The molecule has 3 fully saturated rings. The van der Waals surface area contributed by atoms with E-state index in [0.29, 0.717) is 25.1 Å². The third kappa shape index (κ3) is 5.80. The highest BCUT2D eigenvalue weighted by Gasteiger charge is 2.61. The number of carbonyl (C=O) groups is 2. The Labute approximate surface area is 213 Å². The average molecular weight is 517 g/mol. The predicted molar refractivity (Wildman–Crippen MR) is 129 cm³/mol. The lowest BCUT2D eigenvalue weighted by molar-refractivity contribution is -0.201. The zero-order valence-electron chi connectivity index (χ0n) is 20.6. The maximum absolute atomic E-state index is 13.1. The highest BCUT2D eigenvalue weighted by Crippen LogP contribution is 2.50. The van der Waals surface area contributed by atoms with Crippen molar-refractivity contribution in [1.29, 1.82) is 0 Å². The molecule has 1 aromatic carbocycles. The van der Waals surface area contributed by atoms with Crippen LogP contribution in [-0.2, 0) is 39.9 Å². The summed E-state index contributed by atoms with van der Waals surface area (Å²) in [5, 5.41) is 0. The van der Waals surface area contributed by atoms with Crippen LogP contribution in [0.3, 0.4) is 0 Å². The normalized spacial score (nSPS) is 20.9. The van der Waals surface area contributed by atoms with Gasteiger partial charge in [0.2, 0.25) is 5.91 Å². The number of aromatic nitrogens is 1. The Bertz CT molecular complexity index is 1160. The number of halogens is 3. The number of hydrogen-bond donors (Lipinski definition) is 1. The lowest BCUT2D eigenvalue weighted by Crippen LogP contribution is -2.62. The van der Waals surface area contributed by atoms with Crippen molar-refractivity contribution in [2.24, 2.45) is 5.73 Å². The summed E-state index contributed by atoms with van der Waals surface area (Å²) >= 11 is 0. The molecule has 37 heavy (non-hydrogen) atoms. The fraction of sp³-hybridized carbons (Fsp3) is 0.519. The van der Waals surface area contributed by atoms with Crippen molar-refractivity contribution in [3.05, 3.63) is 65.0 Å². The quantitative estimate of drug-likeness (QED) is 0.611. The molecule has 0 bridgehead atoms. The van der Waals surface area contributed by atoms with E-state index in [2.05, 4.69) is 16.0 Å². The predicted octanol–water partition coefficient (Wildman–Crippen LogP) is 3.10. The van der Waals surface area contributed by atoms with Gasteiger partial charge in [0.1, 0.15) is 5.60 Å². The van der Waals surface area contributed by atoms with E-state index in [9.17, 15) is 22.8 Å². The molecule has 2 spiro atoms. The first-order valence-corrected chi connectivity index (χ1v) is 12.7. The Hall–Kier alpha value is -2.98. The number of nitrogens with two attached hydrogens (primary N) is 1. The van der Waals surface area contributed by atoms with Gasteiger partial charge in [0.05, 0.1) is 36.4 Å². The Morgan fingerprint density at radius 1 is 1.08 bits per heavy atom. The minimum Gasteiger partial charge on any atom is -0.369 e. The zero-order valence-corrected chi connectivity index (χ0v) is 20.6. The first-order chi connectivity index (χ1) is 17.6. The van der Waals surface area contributed by atoms with Crippen molar-refractivity contribution in [3.63, 3.8) is 0 Å². The number of rotatable bonds is 7. The Kier molecular flexibility index (Phi) is 6.74. The highest BCUT2D eigenvalue weighted by molar-refractivity contribution is 5.89. The van der Waals surface area contributed by atoms with E-state index in [1.54, 1.807) is 4.90 Å². The SMILES string of the molecule is NC(=O)Cc1cccc(CCN2CCC3(CC2)CN(Cc2ccc(C(F)(F)F)cn2)C(=O)C2(CC2)O3)c1. The van der Waals surface area contributed by atoms with Crippen molar-refractivity contribution in [3.8, 4) is 0 Å². The van der Waals surface area contributed by atoms with Crippen LogP contribution in [0.2, 0.25) is 0 Å². The van der Waals surface area contributed by atoms with E-state index < -0.39 is 22.9 Å². The first-order valence-electron chi connectivity index (χ1n) is 12.7. The van der Waals surface area contributed by atoms with E-state index in [1.165, 1.54) is 6.07 Å². The Balaban J connectivity index is 1.19. The summed E-state index contributed by atoms with van der Waals surface area (Å²) in [5.41, 5.74) is 5.79. The fourth-order valence-corrected chi connectivity index (χ4v) is 5.46. The van der Waals surface area contributed by atoms with Gasteiger partial charge in [0.15, 0.2) is 0 Å². The van der Waals surface area contributed by atoms with Crippen LogP contribution in [0.15, 0.2) is 42.6 Å². The Morgan fingerprint density at radius 3 is 2.43 bits per heavy atom. The second-order valence-corrected chi connectivity index (χ2v) is 10.5. The molecule has 0 radical (unpaired) electrons. The largest absolute Gasteiger partial charge is 0.417 e. The smallest absolute Gasteiger partial charge is 0.369 e. The molecule has 3 aliphatic rings. The van der Waals surface area contributed by atoms with Crippen LogP contribution in [0.25, 0.3) is 0 Å². The number of nitrogens with zero attached hydrogens (tertiary/aromatic N) is 3. The monoisotopic (exact) mass is 516 g/mol. The summed E-state index contributed by atoms with van der Waals surface area (Å²) in [7, 11) is 0. The van der Waals surface area contributed by atoms with Gasteiger partial charge >= 0.3 is 6.18 Å². The van der Waals surface area contributed by atoms with Crippen molar-refractivity contribution >= 4 is 11.8 Å². The molecule has 1 saturated carbocycles. The molecule has 7 nitrogen and oxygen atoms in total. The lowest BCUT2D eigenvalue weighted by atomic mass is 9.87. The van der Waals surface area contributed by atoms with Gasteiger partial charge in [-0.2, -0.15) is 13.2 Å². The third-order valence-corrected chi connectivity index (χ3v) is 7.63. The van der Waals surface area contributed by atoms with Crippen LogP contribution in [0.1, 0.15) is 48.1 Å². The lowest BCUT2D eigenvalue weighted by Gasteiger charge is -2.50. The molecule has 10 heteroatoms. The second-order valence-electron chi connectivity index (χ2n) is 10.5. The van der Waals surface area contributed by atoms with E-state index >= 15 is 0 Å². The van der Waals surface area contributed by atoms with Crippen LogP contribution < -0.4 is 5.73 Å². The molecule has 198 valence electrons. The van der Waals surface area contributed by atoms with Gasteiger partial charge in [-0.15, -0.1) is 0 Å². The first kappa shape index (κ1) is 25.7. The molecule has 0 atom stereocenters. The molecule has 1 aliphatic carbocycles. The average Bonchev–Trinajstić information content (AvgIpc) is 3.61. The molecular weight excluding hydrogens is 485 g/mol. The van der Waals surface area contributed by atoms with Crippen LogP contribution >= 0.6 is 0 Å². The Morgan fingerprint density at radius 2 is 1.81 bits per heavy atom. The number of ether oxygens (including phenoxy) is 1. The van der Waals surface area contributed by atoms with E-state index in [-0.39, 0.29) is 24.8 Å². The molecule has 2 aliphatic heterocycles. The van der Waals surface area contributed by atoms with Gasteiger partial charge in [0.25, 0.3) is 5.91 Å². The number of amides is 2. The number of carbonyl (C=O) groups excluding carboxylic acids is 2. The highest BCUT2D eigenvalue weighted by atomic mass is 19.4. The number of benzene rings is 1. The van der Waals surface area contributed by atoms with Crippen LogP contribution in [0.5, 0.6) is 0 Å². The number of morpholine rings is 1. The summed E-state index contributed by atoms with van der Waals surface area (Å²) in [6.07, 6.45) is 0.381. The summed E-state index contributed by atoms with van der Waals surface area (Å²) in [6.45, 7) is 3.13. The maximum atomic E-state index is 13.1. The number of likely N-dealkylation sites (tertiary alicyclic amines) is 1. The molecule has 0 unspecified atom stereocenters. The van der Waals surface area contributed by atoms with Gasteiger partial charge in [0, 0.05) is 25.8 Å². The van der Waals surface area contributed by atoms with Crippen molar-refractivity contribution in [2.75, 3.05) is 26.2 Å². The number of piperidine rings is 1. The standard InChI is InChI=1S/C27H31F3N4O3/c28-27(29,30)21-4-5-22(32-16-21)17-34-18-25(37-26(7-8-26)24(34)36)9-12-33(13-10-25)11-6-19-2-1-3-20(14-19)15-23(31)35/h1-5,14,16H,6-13,15,17-18H2,(H2,31,35). The topological polar surface area (TPSA) is 88.8 Å². The number of alkyl halides is 3. The minimum atomic E-state index is -4.44. The maximum Gasteiger partial charge on any atom is 0.417 e. The van der Waals surface area contributed by atoms with Crippen molar-refractivity contribution < 1.29 is 27.5 Å².